The standard InChI is InChI=1S/C17H28N2O3/c1-17(2,3)22-16(21)19-13-8-5-4-7-12(13)11-14(19)15(20)18-9-6-10-18/h12-14H,4-11H2,1-3H3/t12-,13-,14-/m0/s1. The molecule has 1 saturated carbocycles. The van der Waals surface area contributed by atoms with E-state index in [0.717, 1.165) is 45.2 Å². The first-order chi connectivity index (χ1) is 10.4. The Bertz CT molecular complexity index is 453. The summed E-state index contributed by atoms with van der Waals surface area (Å²) in [6, 6.07) is -0.109. The van der Waals surface area contributed by atoms with E-state index in [0.29, 0.717) is 5.92 Å². The Morgan fingerprint density at radius 1 is 1.05 bits per heavy atom. The highest BCUT2D eigenvalue weighted by atomic mass is 16.6. The predicted molar refractivity (Wildman–Crippen MR) is 83.4 cm³/mol. The quantitative estimate of drug-likeness (QED) is 0.748. The van der Waals surface area contributed by atoms with Crippen LogP contribution in [-0.2, 0) is 9.53 Å². The number of carbonyl (C=O) groups excluding carboxylic acids is 2. The van der Waals surface area contributed by atoms with Gasteiger partial charge < -0.3 is 9.64 Å². The van der Waals surface area contributed by atoms with Crippen LogP contribution in [0.25, 0.3) is 0 Å². The van der Waals surface area contributed by atoms with Crippen LogP contribution in [0, 0.1) is 5.92 Å². The zero-order chi connectivity index (χ0) is 15.9. The molecule has 5 heteroatoms. The van der Waals surface area contributed by atoms with Gasteiger partial charge in [-0.25, -0.2) is 4.79 Å². The van der Waals surface area contributed by atoms with Crippen molar-refractivity contribution in [2.45, 2.75) is 77.0 Å². The van der Waals surface area contributed by atoms with Gasteiger partial charge >= 0.3 is 6.09 Å². The SMILES string of the molecule is CC(C)(C)OC(=O)N1[C@H](C(=O)N2CCC2)C[C@@H]2CCCC[C@@H]21. The van der Waals surface area contributed by atoms with Crippen molar-refractivity contribution in [3.8, 4) is 0 Å². The molecule has 3 fully saturated rings. The van der Waals surface area contributed by atoms with Crippen LogP contribution < -0.4 is 0 Å². The molecule has 124 valence electrons. The molecule has 5 nitrogen and oxygen atoms in total. The number of ether oxygens (including phenoxy) is 1. The third-order valence-corrected chi connectivity index (χ3v) is 5.15. The summed E-state index contributed by atoms with van der Waals surface area (Å²) in [5, 5.41) is 0. The summed E-state index contributed by atoms with van der Waals surface area (Å²) in [7, 11) is 0. The molecular formula is C17H28N2O3. The molecule has 3 atom stereocenters. The van der Waals surface area contributed by atoms with Crippen molar-refractivity contribution < 1.29 is 14.3 Å². The van der Waals surface area contributed by atoms with Gasteiger partial charge in [0, 0.05) is 19.1 Å². The fraction of sp³-hybridized carbons (Fsp3) is 0.882. The van der Waals surface area contributed by atoms with Crippen LogP contribution in [0.1, 0.15) is 59.3 Å². The number of amides is 2. The number of hydrogen-bond donors (Lipinski definition) is 0. The van der Waals surface area contributed by atoms with E-state index in [1.54, 1.807) is 4.90 Å². The summed E-state index contributed by atoms with van der Waals surface area (Å²) in [4.78, 5) is 29.1. The molecule has 0 N–H and O–H groups in total. The van der Waals surface area contributed by atoms with Gasteiger partial charge in [0.2, 0.25) is 5.91 Å². The van der Waals surface area contributed by atoms with E-state index in [1.807, 2.05) is 25.7 Å². The molecule has 0 aromatic carbocycles. The van der Waals surface area contributed by atoms with Crippen LogP contribution in [0.4, 0.5) is 4.79 Å². The molecule has 22 heavy (non-hydrogen) atoms. The van der Waals surface area contributed by atoms with Crippen molar-refractivity contribution >= 4 is 12.0 Å². The predicted octanol–water partition coefficient (Wildman–Crippen LogP) is 2.79. The smallest absolute Gasteiger partial charge is 0.411 e. The summed E-state index contributed by atoms with van der Waals surface area (Å²) in [6.07, 6.45) is 6.10. The lowest BCUT2D eigenvalue weighted by Crippen LogP contribution is -2.54. The number of hydrogen-bond acceptors (Lipinski definition) is 3. The second-order valence-electron chi connectivity index (χ2n) is 7.93. The van der Waals surface area contributed by atoms with Gasteiger partial charge in [-0.1, -0.05) is 12.8 Å². The third-order valence-electron chi connectivity index (χ3n) is 5.15. The molecule has 1 aliphatic carbocycles. The molecule has 2 amide bonds. The number of fused-ring (bicyclic) bond motifs is 1. The molecule has 2 saturated heterocycles. The lowest BCUT2D eigenvalue weighted by molar-refractivity contribution is -0.139. The number of nitrogens with zero attached hydrogens (tertiary/aromatic N) is 2. The van der Waals surface area contributed by atoms with Crippen LogP contribution in [-0.4, -0.2) is 52.6 Å². The maximum atomic E-state index is 12.7. The van der Waals surface area contributed by atoms with E-state index in [9.17, 15) is 9.59 Å². The number of rotatable bonds is 1. The second kappa shape index (κ2) is 5.74. The largest absolute Gasteiger partial charge is 0.444 e. The molecule has 3 aliphatic rings. The van der Waals surface area contributed by atoms with Crippen LogP contribution in [0.5, 0.6) is 0 Å². The van der Waals surface area contributed by atoms with Crippen molar-refractivity contribution in [3.05, 3.63) is 0 Å². The zero-order valence-corrected chi connectivity index (χ0v) is 14.0. The Morgan fingerprint density at radius 3 is 2.32 bits per heavy atom. The van der Waals surface area contributed by atoms with Gasteiger partial charge in [-0.15, -0.1) is 0 Å². The number of likely N-dealkylation sites (tertiary alicyclic amines) is 2. The Labute approximate surface area is 133 Å². The summed E-state index contributed by atoms with van der Waals surface area (Å²) < 4.78 is 5.60. The van der Waals surface area contributed by atoms with E-state index >= 15 is 0 Å². The topological polar surface area (TPSA) is 49.9 Å². The molecule has 0 unspecified atom stereocenters. The minimum atomic E-state index is -0.520. The van der Waals surface area contributed by atoms with Crippen LogP contribution in [0.2, 0.25) is 0 Å². The van der Waals surface area contributed by atoms with Gasteiger partial charge in [-0.05, 0) is 52.4 Å². The molecule has 0 spiro atoms. The summed E-state index contributed by atoms with van der Waals surface area (Å²) in [5.41, 5.74) is -0.520. The summed E-state index contributed by atoms with van der Waals surface area (Å²) in [6.45, 7) is 7.32. The lowest BCUT2D eigenvalue weighted by Gasteiger charge is -2.38. The first-order valence-corrected chi connectivity index (χ1v) is 8.67. The fourth-order valence-corrected chi connectivity index (χ4v) is 4.01. The summed E-state index contributed by atoms with van der Waals surface area (Å²) >= 11 is 0. The Kier molecular flexibility index (Phi) is 4.08. The normalized spacial score (nSPS) is 31.5. The molecule has 3 rings (SSSR count). The molecule has 0 bridgehead atoms. The molecular weight excluding hydrogens is 280 g/mol. The van der Waals surface area contributed by atoms with E-state index in [1.165, 1.54) is 6.42 Å². The molecule has 0 radical (unpaired) electrons. The molecule has 0 aromatic heterocycles. The highest BCUT2D eigenvalue weighted by Crippen LogP contribution is 2.41. The van der Waals surface area contributed by atoms with Crippen LogP contribution in [0.3, 0.4) is 0 Å². The number of carbonyl (C=O) groups is 2. The van der Waals surface area contributed by atoms with Crippen molar-refractivity contribution in [1.82, 2.24) is 9.80 Å². The van der Waals surface area contributed by atoms with Gasteiger partial charge in [0.05, 0.1) is 0 Å². The molecule has 0 aromatic rings. The monoisotopic (exact) mass is 308 g/mol. The van der Waals surface area contributed by atoms with Crippen LogP contribution >= 0.6 is 0 Å². The maximum absolute atomic E-state index is 12.7. The second-order valence-corrected chi connectivity index (χ2v) is 7.93. The van der Waals surface area contributed by atoms with E-state index in [4.69, 9.17) is 4.74 Å². The average molecular weight is 308 g/mol. The van der Waals surface area contributed by atoms with Gasteiger partial charge in [-0.2, -0.15) is 0 Å². The fourth-order valence-electron chi connectivity index (χ4n) is 4.01. The minimum absolute atomic E-state index is 0.131. The van der Waals surface area contributed by atoms with E-state index in [-0.39, 0.29) is 24.1 Å². The van der Waals surface area contributed by atoms with Crippen molar-refractivity contribution in [2.24, 2.45) is 5.92 Å². The minimum Gasteiger partial charge on any atom is -0.444 e. The zero-order valence-electron chi connectivity index (χ0n) is 14.0. The molecule has 2 heterocycles. The van der Waals surface area contributed by atoms with Crippen molar-refractivity contribution in [3.63, 3.8) is 0 Å². The van der Waals surface area contributed by atoms with Crippen molar-refractivity contribution in [1.29, 1.82) is 0 Å². The first-order valence-electron chi connectivity index (χ1n) is 8.67. The van der Waals surface area contributed by atoms with Crippen molar-refractivity contribution in [2.75, 3.05) is 13.1 Å². The van der Waals surface area contributed by atoms with Gasteiger partial charge in [0.15, 0.2) is 0 Å². The first kappa shape index (κ1) is 15.6. The Hall–Kier alpha value is -1.26. The average Bonchev–Trinajstić information content (AvgIpc) is 2.73. The van der Waals surface area contributed by atoms with Crippen LogP contribution in [0.15, 0.2) is 0 Å². The van der Waals surface area contributed by atoms with Gasteiger partial charge in [0.25, 0.3) is 0 Å². The van der Waals surface area contributed by atoms with E-state index < -0.39 is 5.60 Å². The Balaban J connectivity index is 1.79. The highest BCUT2D eigenvalue weighted by Gasteiger charge is 2.50. The lowest BCUT2D eigenvalue weighted by atomic mass is 9.84. The maximum Gasteiger partial charge on any atom is 0.411 e. The Morgan fingerprint density at radius 2 is 1.73 bits per heavy atom. The third kappa shape index (κ3) is 2.95. The molecule has 2 aliphatic heterocycles. The van der Waals surface area contributed by atoms with E-state index in [2.05, 4.69) is 0 Å². The van der Waals surface area contributed by atoms with Gasteiger partial charge in [-0.3, -0.25) is 9.69 Å². The summed E-state index contributed by atoms with van der Waals surface area (Å²) in [5.74, 6) is 0.600. The highest BCUT2D eigenvalue weighted by molar-refractivity contribution is 5.87. The van der Waals surface area contributed by atoms with Gasteiger partial charge in [0.1, 0.15) is 11.6 Å².